The SMILES string of the molecule is CC(Nc1ncncc1I)c1ccc(Cl)cc1Cl. The average Bonchev–Trinajstić information content (AvgIpc) is 2.32. The summed E-state index contributed by atoms with van der Waals surface area (Å²) in [5, 5.41) is 4.58. The highest BCUT2D eigenvalue weighted by molar-refractivity contribution is 14.1. The van der Waals surface area contributed by atoms with E-state index in [-0.39, 0.29) is 6.04 Å². The van der Waals surface area contributed by atoms with Crippen LogP contribution in [0.5, 0.6) is 0 Å². The third-order valence-electron chi connectivity index (χ3n) is 2.45. The lowest BCUT2D eigenvalue weighted by atomic mass is 10.1. The number of rotatable bonds is 3. The van der Waals surface area contributed by atoms with Crippen molar-refractivity contribution in [2.45, 2.75) is 13.0 Å². The van der Waals surface area contributed by atoms with E-state index in [4.69, 9.17) is 23.2 Å². The summed E-state index contributed by atoms with van der Waals surface area (Å²) in [6.07, 6.45) is 3.27. The fraction of sp³-hybridized carbons (Fsp3) is 0.167. The predicted molar refractivity (Wildman–Crippen MR) is 83.2 cm³/mol. The molecule has 3 nitrogen and oxygen atoms in total. The second kappa shape index (κ2) is 6.04. The quantitative estimate of drug-likeness (QED) is 0.776. The third kappa shape index (κ3) is 3.24. The summed E-state index contributed by atoms with van der Waals surface area (Å²) in [5.41, 5.74) is 0.982. The Balaban J connectivity index is 2.22. The van der Waals surface area contributed by atoms with Gasteiger partial charge in [0, 0.05) is 16.2 Å². The van der Waals surface area contributed by atoms with Gasteiger partial charge in [-0.15, -0.1) is 0 Å². The average molecular weight is 394 g/mol. The molecule has 0 saturated carbocycles. The number of nitrogens with one attached hydrogen (secondary N) is 1. The van der Waals surface area contributed by atoms with Crippen LogP contribution >= 0.6 is 45.8 Å². The second-order valence-corrected chi connectivity index (χ2v) is 5.76. The third-order valence-corrected chi connectivity index (χ3v) is 3.80. The summed E-state index contributed by atoms with van der Waals surface area (Å²) in [4.78, 5) is 8.14. The predicted octanol–water partition coefficient (Wildman–Crippen LogP) is 4.56. The van der Waals surface area contributed by atoms with Crippen LogP contribution in [0, 0.1) is 3.57 Å². The monoisotopic (exact) mass is 393 g/mol. The molecule has 0 spiro atoms. The van der Waals surface area contributed by atoms with Crippen molar-refractivity contribution < 1.29 is 0 Å². The number of anilines is 1. The van der Waals surface area contributed by atoms with E-state index >= 15 is 0 Å². The van der Waals surface area contributed by atoms with Crippen molar-refractivity contribution in [3.05, 3.63) is 49.9 Å². The van der Waals surface area contributed by atoms with Crippen molar-refractivity contribution in [2.24, 2.45) is 0 Å². The van der Waals surface area contributed by atoms with Crippen LogP contribution in [0.25, 0.3) is 0 Å². The van der Waals surface area contributed by atoms with Gasteiger partial charge >= 0.3 is 0 Å². The molecule has 0 radical (unpaired) electrons. The first-order valence-electron chi connectivity index (χ1n) is 5.25. The maximum absolute atomic E-state index is 6.17. The van der Waals surface area contributed by atoms with Gasteiger partial charge in [-0.3, -0.25) is 0 Å². The van der Waals surface area contributed by atoms with Crippen LogP contribution in [0.2, 0.25) is 10.0 Å². The van der Waals surface area contributed by atoms with Crippen LogP contribution in [0.4, 0.5) is 5.82 Å². The van der Waals surface area contributed by atoms with Crippen LogP contribution in [-0.2, 0) is 0 Å². The van der Waals surface area contributed by atoms with Crippen molar-refractivity contribution >= 4 is 51.6 Å². The van der Waals surface area contributed by atoms with Gasteiger partial charge in [-0.1, -0.05) is 29.3 Å². The van der Waals surface area contributed by atoms with Gasteiger partial charge < -0.3 is 5.32 Å². The zero-order valence-electron chi connectivity index (χ0n) is 9.49. The van der Waals surface area contributed by atoms with Gasteiger partial charge in [0.05, 0.1) is 9.61 Å². The number of hydrogen-bond donors (Lipinski definition) is 1. The van der Waals surface area contributed by atoms with Gasteiger partial charge in [-0.05, 0) is 47.2 Å². The molecule has 1 atom stereocenters. The van der Waals surface area contributed by atoms with Crippen LogP contribution in [0.3, 0.4) is 0 Å². The number of nitrogens with zero attached hydrogens (tertiary/aromatic N) is 2. The van der Waals surface area contributed by atoms with Crippen molar-refractivity contribution in [1.82, 2.24) is 9.97 Å². The fourth-order valence-electron chi connectivity index (χ4n) is 1.55. The molecule has 0 aliphatic carbocycles. The molecule has 6 heteroatoms. The lowest BCUT2D eigenvalue weighted by Gasteiger charge is -2.17. The Kier molecular flexibility index (Phi) is 4.64. The van der Waals surface area contributed by atoms with Crippen LogP contribution < -0.4 is 5.32 Å². The molecule has 2 rings (SSSR count). The molecule has 0 saturated heterocycles. The molecule has 1 heterocycles. The Morgan fingerprint density at radius 1 is 1.33 bits per heavy atom. The molecule has 0 bridgehead atoms. The lowest BCUT2D eigenvalue weighted by molar-refractivity contribution is 0.870. The van der Waals surface area contributed by atoms with Crippen molar-refractivity contribution in [3.8, 4) is 0 Å². The molecular formula is C12H10Cl2IN3. The number of hydrogen-bond acceptors (Lipinski definition) is 3. The summed E-state index contributed by atoms with van der Waals surface area (Å²) in [6.45, 7) is 2.02. The maximum atomic E-state index is 6.17. The standard InChI is InChI=1S/C12H10Cl2IN3/c1-7(9-3-2-8(13)4-10(9)14)18-12-11(15)5-16-6-17-12/h2-7H,1H3,(H,16,17,18). The summed E-state index contributed by atoms with van der Waals surface area (Å²) < 4.78 is 0.965. The summed E-state index contributed by atoms with van der Waals surface area (Å²) in [5.74, 6) is 0.795. The first kappa shape index (κ1) is 13.8. The maximum Gasteiger partial charge on any atom is 0.143 e. The van der Waals surface area contributed by atoms with Crippen LogP contribution in [0.1, 0.15) is 18.5 Å². The molecule has 0 fully saturated rings. The lowest BCUT2D eigenvalue weighted by Crippen LogP contribution is -2.09. The van der Waals surface area contributed by atoms with E-state index in [2.05, 4.69) is 37.9 Å². The number of benzene rings is 1. The van der Waals surface area contributed by atoms with Gasteiger partial charge in [0.15, 0.2) is 0 Å². The molecule has 1 aromatic heterocycles. The molecule has 0 amide bonds. The number of halogens is 3. The van der Waals surface area contributed by atoms with E-state index in [1.54, 1.807) is 12.3 Å². The molecule has 18 heavy (non-hydrogen) atoms. The molecule has 94 valence electrons. The number of aromatic nitrogens is 2. The summed E-state index contributed by atoms with van der Waals surface area (Å²) in [7, 11) is 0. The second-order valence-electron chi connectivity index (χ2n) is 3.75. The molecular weight excluding hydrogens is 384 g/mol. The van der Waals surface area contributed by atoms with Crippen LogP contribution in [0.15, 0.2) is 30.7 Å². The minimum atomic E-state index is 0.0400. The largest absolute Gasteiger partial charge is 0.363 e. The Morgan fingerprint density at radius 2 is 2.11 bits per heavy atom. The Bertz CT molecular complexity index is 563. The highest BCUT2D eigenvalue weighted by Crippen LogP contribution is 2.28. The van der Waals surface area contributed by atoms with Crippen LogP contribution in [-0.4, -0.2) is 9.97 Å². The highest BCUT2D eigenvalue weighted by atomic mass is 127. The van der Waals surface area contributed by atoms with E-state index in [9.17, 15) is 0 Å². The van der Waals surface area contributed by atoms with E-state index < -0.39 is 0 Å². The summed E-state index contributed by atoms with van der Waals surface area (Å²) in [6, 6.07) is 5.52. The minimum Gasteiger partial charge on any atom is -0.363 e. The van der Waals surface area contributed by atoms with Gasteiger partial charge in [-0.2, -0.15) is 0 Å². The normalized spacial score (nSPS) is 12.2. The highest BCUT2D eigenvalue weighted by Gasteiger charge is 2.11. The zero-order chi connectivity index (χ0) is 13.1. The van der Waals surface area contributed by atoms with Crippen molar-refractivity contribution in [3.63, 3.8) is 0 Å². The topological polar surface area (TPSA) is 37.8 Å². The van der Waals surface area contributed by atoms with Crippen molar-refractivity contribution in [2.75, 3.05) is 5.32 Å². The van der Waals surface area contributed by atoms with E-state index in [1.165, 1.54) is 6.33 Å². The minimum absolute atomic E-state index is 0.0400. The van der Waals surface area contributed by atoms with Gasteiger partial charge in [0.2, 0.25) is 0 Å². The Labute approximate surface area is 129 Å². The Hall–Kier alpha value is -0.590. The zero-order valence-corrected chi connectivity index (χ0v) is 13.2. The molecule has 0 aliphatic heterocycles. The molecule has 0 aliphatic rings. The van der Waals surface area contributed by atoms with Gasteiger partial charge in [-0.25, -0.2) is 9.97 Å². The van der Waals surface area contributed by atoms with E-state index in [0.29, 0.717) is 10.0 Å². The van der Waals surface area contributed by atoms with E-state index in [0.717, 1.165) is 15.0 Å². The van der Waals surface area contributed by atoms with E-state index in [1.807, 2.05) is 19.1 Å². The first-order valence-corrected chi connectivity index (χ1v) is 7.08. The fourth-order valence-corrected chi connectivity index (χ4v) is 2.58. The molecule has 1 aromatic carbocycles. The molecule has 2 aromatic rings. The van der Waals surface area contributed by atoms with Crippen molar-refractivity contribution in [1.29, 1.82) is 0 Å². The smallest absolute Gasteiger partial charge is 0.143 e. The molecule has 1 N–H and O–H groups in total. The van der Waals surface area contributed by atoms with Gasteiger partial charge in [0.25, 0.3) is 0 Å². The summed E-state index contributed by atoms with van der Waals surface area (Å²) >= 11 is 14.2. The van der Waals surface area contributed by atoms with Gasteiger partial charge in [0.1, 0.15) is 12.1 Å². The first-order chi connectivity index (χ1) is 8.58. The Morgan fingerprint density at radius 3 is 2.78 bits per heavy atom. The molecule has 1 unspecified atom stereocenters.